The van der Waals surface area contributed by atoms with Crippen LogP contribution in [0.4, 0.5) is 0 Å². The van der Waals surface area contributed by atoms with Gasteiger partial charge in [-0.1, -0.05) is 23.2 Å². The molecule has 0 saturated carbocycles. The van der Waals surface area contributed by atoms with E-state index in [9.17, 15) is 13.2 Å². The third-order valence-electron chi connectivity index (χ3n) is 2.74. The van der Waals surface area contributed by atoms with Crippen molar-refractivity contribution in [2.75, 3.05) is 19.7 Å². The molecule has 0 unspecified atom stereocenters. The molecule has 1 rings (SSSR count). The van der Waals surface area contributed by atoms with Crippen LogP contribution in [0.25, 0.3) is 0 Å². The summed E-state index contributed by atoms with van der Waals surface area (Å²) >= 11 is 11.8. The molecule has 0 aliphatic rings. The van der Waals surface area contributed by atoms with Crippen molar-refractivity contribution < 1.29 is 17.9 Å². The molecule has 0 N–H and O–H groups in total. The first kappa shape index (κ1) is 18.4. The zero-order valence-electron chi connectivity index (χ0n) is 11.4. The van der Waals surface area contributed by atoms with Crippen LogP contribution in [0.3, 0.4) is 0 Å². The Bertz CT molecular complexity index is 630. The predicted molar refractivity (Wildman–Crippen MR) is 82.9 cm³/mol. The van der Waals surface area contributed by atoms with Crippen molar-refractivity contribution in [1.29, 1.82) is 0 Å². The molecule has 1 aromatic rings. The Morgan fingerprint density at radius 2 is 1.76 bits per heavy atom. The Balaban J connectivity index is 2.92. The molecule has 0 atom stereocenters. The minimum Gasteiger partial charge on any atom is -0.482 e. The third kappa shape index (κ3) is 4.64. The lowest BCUT2D eigenvalue weighted by molar-refractivity contribution is -0.132. The molecule has 0 aliphatic carbocycles. The zero-order chi connectivity index (χ0) is 16.2. The minimum atomic E-state index is -4.00. The zero-order valence-corrected chi connectivity index (χ0v) is 14.5. The number of carbonyl (C=O) groups excluding carboxylic acids is 1. The van der Waals surface area contributed by atoms with E-state index in [0.29, 0.717) is 13.1 Å². The second-order valence-corrected chi connectivity index (χ2v) is 7.27. The maximum Gasteiger partial charge on any atom is 0.262 e. The number of rotatable bonds is 6. The lowest BCUT2D eigenvalue weighted by Gasteiger charge is -2.19. The van der Waals surface area contributed by atoms with Crippen LogP contribution >= 0.6 is 33.9 Å². The molecule has 0 bridgehead atoms. The van der Waals surface area contributed by atoms with E-state index in [4.69, 9.17) is 38.6 Å². The van der Waals surface area contributed by atoms with Crippen LogP contribution < -0.4 is 4.74 Å². The van der Waals surface area contributed by atoms with Crippen LogP contribution in [-0.2, 0) is 13.8 Å². The molecule has 0 heterocycles. The van der Waals surface area contributed by atoms with Crippen LogP contribution in [-0.4, -0.2) is 38.9 Å². The first-order chi connectivity index (χ1) is 9.72. The van der Waals surface area contributed by atoms with Crippen molar-refractivity contribution in [3.63, 3.8) is 0 Å². The van der Waals surface area contributed by atoms with Gasteiger partial charge in [0.05, 0.1) is 5.02 Å². The van der Waals surface area contributed by atoms with Gasteiger partial charge in [0.25, 0.3) is 15.0 Å². The van der Waals surface area contributed by atoms with Gasteiger partial charge >= 0.3 is 0 Å². The van der Waals surface area contributed by atoms with Crippen LogP contribution in [0.5, 0.6) is 5.75 Å². The standard InChI is InChI=1S/C12H14Cl3NO4S/c1-3-16(4-2)10(17)7-20-8-5-6-9(21(15,18)19)12(14)11(8)13/h5-6H,3-4,7H2,1-2H3. The fourth-order valence-electron chi connectivity index (χ4n) is 1.62. The van der Waals surface area contributed by atoms with Gasteiger partial charge in [0.1, 0.15) is 15.7 Å². The summed E-state index contributed by atoms with van der Waals surface area (Å²) in [6.07, 6.45) is 0. The summed E-state index contributed by atoms with van der Waals surface area (Å²) in [5, 5.41) is -0.342. The van der Waals surface area contributed by atoms with Crippen molar-refractivity contribution >= 4 is 48.8 Å². The Morgan fingerprint density at radius 3 is 2.24 bits per heavy atom. The van der Waals surface area contributed by atoms with Gasteiger partial charge in [-0.3, -0.25) is 4.79 Å². The summed E-state index contributed by atoms with van der Waals surface area (Å²) in [6.45, 7) is 4.62. The molecule has 0 aliphatic heterocycles. The van der Waals surface area contributed by atoms with Gasteiger partial charge in [-0.2, -0.15) is 0 Å². The maximum absolute atomic E-state index is 11.8. The number of hydrogen-bond acceptors (Lipinski definition) is 4. The van der Waals surface area contributed by atoms with Gasteiger partial charge in [-0.15, -0.1) is 0 Å². The summed E-state index contributed by atoms with van der Waals surface area (Å²) < 4.78 is 27.8. The van der Waals surface area contributed by atoms with E-state index in [1.165, 1.54) is 12.1 Å². The van der Waals surface area contributed by atoms with Crippen LogP contribution in [0.1, 0.15) is 13.8 Å². The summed E-state index contributed by atoms with van der Waals surface area (Å²) in [5.74, 6) is -0.0903. The molecular weight excluding hydrogens is 361 g/mol. The highest BCUT2D eigenvalue weighted by molar-refractivity contribution is 8.13. The van der Waals surface area contributed by atoms with E-state index in [1.807, 2.05) is 13.8 Å². The smallest absolute Gasteiger partial charge is 0.262 e. The van der Waals surface area contributed by atoms with E-state index in [1.54, 1.807) is 4.90 Å². The second kappa shape index (κ2) is 7.54. The summed E-state index contributed by atoms with van der Waals surface area (Å²) in [7, 11) is 1.22. The third-order valence-corrected chi connectivity index (χ3v) is 5.08. The molecule has 0 spiro atoms. The molecule has 0 fully saturated rings. The predicted octanol–water partition coefficient (Wildman–Crippen LogP) is 3.17. The van der Waals surface area contributed by atoms with Gasteiger partial charge in [-0.25, -0.2) is 8.42 Å². The highest BCUT2D eigenvalue weighted by atomic mass is 35.7. The van der Waals surface area contributed by atoms with Gasteiger partial charge in [0.15, 0.2) is 6.61 Å². The molecule has 1 amide bonds. The number of ether oxygens (including phenoxy) is 1. The average Bonchev–Trinajstić information content (AvgIpc) is 2.40. The van der Waals surface area contributed by atoms with E-state index >= 15 is 0 Å². The van der Waals surface area contributed by atoms with E-state index in [-0.39, 0.29) is 33.2 Å². The number of benzene rings is 1. The van der Waals surface area contributed by atoms with Crippen molar-refractivity contribution in [3.8, 4) is 5.75 Å². The summed E-state index contributed by atoms with van der Waals surface area (Å²) in [5.41, 5.74) is 0. The molecule has 118 valence electrons. The van der Waals surface area contributed by atoms with E-state index in [0.717, 1.165) is 0 Å². The number of carbonyl (C=O) groups is 1. The van der Waals surface area contributed by atoms with Gasteiger partial charge < -0.3 is 9.64 Å². The molecule has 0 saturated heterocycles. The first-order valence-corrected chi connectivity index (χ1v) is 9.12. The van der Waals surface area contributed by atoms with Crippen molar-refractivity contribution in [2.45, 2.75) is 18.7 Å². The minimum absolute atomic E-state index is 0.106. The van der Waals surface area contributed by atoms with Crippen molar-refractivity contribution in [2.24, 2.45) is 0 Å². The molecule has 9 heteroatoms. The van der Waals surface area contributed by atoms with Gasteiger partial charge in [0, 0.05) is 23.8 Å². The lowest BCUT2D eigenvalue weighted by Crippen LogP contribution is -2.34. The summed E-state index contributed by atoms with van der Waals surface area (Å²) in [6, 6.07) is 2.48. The molecule has 5 nitrogen and oxygen atoms in total. The summed E-state index contributed by atoms with van der Waals surface area (Å²) in [4.78, 5) is 13.1. The number of halogens is 3. The number of nitrogens with zero attached hydrogens (tertiary/aromatic N) is 1. The van der Waals surface area contributed by atoms with Crippen molar-refractivity contribution in [1.82, 2.24) is 4.90 Å². The number of likely N-dealkylation sites (N-methyl/N-ethyl adjacent to an activating group) is 1. The van der Waals surface area contributed by atoms with E-state index < -0.39 is 9.05 Å². The highest BCUT2D eigenvalue weighted by Gasteiger charge is 2.20. The average molecular weight is 375 g/mol. The van der Waals surface area contributed by atoms with Gasteiger partial charge in [0.2, 0.25) is 0 Å². The van der Waals surface area contributed by atoms with Crippen LogP contribution in [0, 0.1) is 0 Å². The van der Waals surface area contributed by atoms with Crippen molar-refractivity contribution in [3.05, 3.63) is 22.2 Å². The Hall–Kier alpha value is -0.690. The van der Waals surface area contributed by atoms with E-state index in [2.05, 4.69) is 0 Å². The molecule has 1 aromatic carbocycles. The Labute approximate surface area is 138 Å². The highest BCUT2D eigenvalue weighted by Crippen LogP contribution is 2.37. The normalized spacial score (nSPS) is 11.3. The van der Waals surface area contributed by atoms with Crippen LogP contribution in [0.2, 0.25) is 10.0 Å². The quantitative estimate of drug-likeness (QED) is 0.717. The van der Waals surface area contributed by atoms with Gasteiger partial charge in [-0.05, 0) is 26.0 Å². The topological polar surface area (TPSA) is 63.7 Å². The lowest BCUT2D eigenvalue weighted by atomic mass is 10.3. The number of hydrogen-bond donors (Lipinski definition) is 0. The maximum atomic E-state index is 11.8. The fraction of sp³-hybridized carbons (Fsp3) is 0.417. The fourth-order valence-corrected chi connectivity index (χ4v) is 3.41. The monoisotopic (exact) mass is 373 g/mol. The molecule has 0 aromatic heterocycles. The molecule has 21 heavy (non-hydrogen) atoms. The SMILES string of the molecule is CCN(CC)C(=O)COc1ccc(S(=O)(=O)Cl)c(Cl)c1Cl. The molecular formula is C12H14Cl3NO4S. The second-order valence-electron chi connectivity index (χ2n) is 3.98. The Kier molecular flexibility index (Phi) is 6.59. The largest absolute Gasteiger partial charge is 0.482 e. The number of amides is 1. The van der Waals surface area contributed by atoms with Crippen LogP contribution in [0.15, 0.2) is 17.0 Å². The Morgan fingerprint density at radius 1 is 1.19 bits per heavy atom. The molecule has 0 radical (unpaired) electrons. The first-order valence-electron chi connectivity index (χ1n) is 6.05.